The van der Waals surface area contributed by atoms with E-state index in [2.05, 4.69) is 14.5 Å². The summed E-state index contributed by atoms with van der Waals surface area (Å²) in [6.45, 7) is 0. The van der Waals surface area contributed by atoms with E-state index >= 15 is 0 Å². The van der Waals surface area contributed by atoms with Gasteiger partial charge in [0, 0.05) is 0 Å². The minimum absolute atomic E-state index is 0.0714. The number of methoxy groups -OCH3 is 2. The van der Waals surface area contributed by atoms with Gasteiger partial charge in [0.05, 0.1) is 24.7 Å². The first-order chi connectivity index (χ1) is 8.56. The molecule has 0 saturated carbocycles. The number of aromatic nitrogens is 1. The van der Waals surface area contributed by atoms with Crippen LogP contribution in [0, 0.1) is 0 Å². The lowest BCUT2D eigenvalue weighted by Gasteiger charge is -2.06. The molecule has 2 aliphatic heterocycles. The highest BCUT2D eigenvalue weighted by atomic mass is 32.1. The van der Waals surface area contributed by atoms with Crippen LogP contribution in [0.3, 0.4) is 0 Å². The first-order valence-corrected chi connectivity index (χ1v) is 6.31. The molecule has 0 aromatic rings. The van der Waals surface area contributed by atoms with Crippen molar-refractivity contribution in [2.75, 3.05) is 14.2 Å². The molecular weight excluding hydrogens is 278 g/mol. The fourth-order valence-corrected chi connectivity index (χ4v) is 3.16. The minimum Gasteiger partial charge on any atom is -0.465 e. The number of nitrogens with zero attached hydrogens (tertiary/aromatic N) is 1. The largest absolute Gasteiger partial charge is 0.465 e. The number of carbonyl (C=O) groups excluding carboxylic acids is 2. The Morgan fingerprint density at radius 2 is 1.83 bits per heavy atom. The number of carbonyl (C=O) groups is 2. The van der Waals surface area contributed by atoms with E-state index in [1.807, 2.05) is 0 Å². The molecule has 0 radical (unpaired) electrons. The quantitative estimate of drug-likeness (QED) is 0.772. The second-order valence-electron chi connectivity index (χ2n) is 3.12. The molecule has 0 N–H and O–H groups in total. The standard InChI is InChI=1S/C10H7NO5S2/c1-15-8(12)4-3-5-7(11-10(14)17-5)18-6(4)9(13)16-2/h3H,1-2H3. The van der Waals surface area contributed by atoms with Crippen molar-refractivity contribution in [1.29, 1.82) is 0 Å². The average molecular weight is 285 g/mol. The van der Waals surface area contributed by atoms with Crippen LogP contribution < -0.4 is 4.87 Å². The molecule has 8 heteroatoms. The molecule has 18 heavy (non-hydrogen) atoms. The van der Waals surface area contributed by atoms with E-state index in [9.17, 15) is 14.4 Å². The summed E-state index contributed by atoms with van der Waals surface area (Å²) >= 11 is 1.84. The fourth-order valence-electron chi connectivity index (χ4n) is 1.32. The van der Waals surface area contributed by atoms with Crippen molar-refractivity contribution in [3.8, 4) is 9.88 Å². The lowest BCUT2D eigenvalue weighted by Crippen LogP contribution is -2.10. The van der Waals surface area contributed by atoms with Crippen molar-refractivity contribution in [1.82, 2.24) is 4.98 Å². The molecule has 0 fully saturated rings. The van der Waals surface area contributed by atoms with E-state index < -0.39 is 11.9 Å². The molecule has 6 nitrogen and oxygen atoms in total. The predicted molar refractivity (Wildman–Crippen MR) is 65.6 cm³/mol. The van der Waals surface area contributed by atoms with Gasteiger partial charge in [-0.1, -0.05) is 11.3 Å². The van der Waals surface area contributed by atoms with Crippen molar-refractivity contribution < 1.29 is 19.1 Å². The summed E-state index contributed by atoms with van der Waals surface area (Å²) in [6.07, 6.45) is 0. The summed E-state index contributed by atoms with van der Waals surface area (Å²) in [5.41, 5.74) is 0.0745. The van der Waals surface area contributed by atoms with Gasteiger partial charge >= 0.3 is 16.8 Å². The molecule has 0 aliphatic carbocycles. The highest BCUT2D eigenvalue weighted by Gasteiger charge is 2.24. The summed E-state index contributed by atoms with van der Waals surface area (Å²) in [4.78, 5) is 38.3. The zero-order valence-corrected chi connectivity index (χ0v) is 11.0. The van der Waals surface area contributed by atoms with Crippen molar-refractivity contribution >= 4 is 34.6 Å². The monoisotopic (exact) mass is 285 g/mol. The Bertz CT molecular complexity index is 591. The van der Waals surface area contributed by atoms with Crippen LogP contribution in [0.15, 0.2) is 10.9 Å². The van der Waals surface area contributed by atoms with E-state index in [0.29, 0.717) is 9.88 Å². The molecule has 94 valence electrons. The Labute approximate surface area is 109 Å². The smallest absolute Gasteiger partial charge is 0.349 e. The van der Waals surface area contributed by atoms with E-state index in [-0.39, 0.29) is 15.3 Å². The fraction of sp³-hybridized carbons (Fsp3) is 0.200. The minimum atomic E-state index is -0.664. The van der Waals surface area contributed by atoms with E-state index in [4.69, 9.17) is 0 Å². The van der Waals surface area contributed by atoms with Gasteiger partial charge in [0.2, 0.25) is 0 Å². The van der Waals surface area contributed by atoms with Gasteiger partial charge in [-0.2, -0.15) is 4.98 Å². The Morgan fingerprint density at radius 3 is 2.44 bits per heavy atom. The summed E-state index contributed by atoms with van der Waals surface area (Å²) in [5, 5.41) is 0.401. The molecule has 0 bridgehead atoms. The van der Waals surface area contributed by atoms with Crippen LogP contribution in [0.5, 0.6) is 0 Å². The van der Waals surface area contributed by atoms with Crippen molar-refractivity contribution in [2.45, 2.75) is 0 Å². The normalized spacial score (nSPS) is 10.3. The number of fused-ring (bicyclic) bond motifs is 1. The molecular formula is C10H7NO5S2. The number of ether oxygens (including phenoxy) is 2. The number of rotatable bonds is 2. The molecule has 2 aliphatic rings. The maximum absolute atomic E-state index is 11.6. The van der Waals surface area contributed by atoms with Crippen molar-refractivity contribution in [2.24, 2.45) is 0 Å². The topological polar surface area (TPSA) is 82.6 Å². The summed E-state index contributed by atoms with van der Waals surface area (Å²) in [5.74, 6) is -1.32. The van der Waals surface area contributed by atoms with Crippen molar-refractivity contribution in [3.05, 3.63) is 26.2 Å². The van der Waals surface area contributed by atoms with Crippen LogP contribution in [0.4, 0.5) is 0 Å². The Kier molecular flexibility index (Phi) is 3.39. The van der Waals surface area contributed by atoms with Gasteiger partial charge < -0.3 is 9.47 Å². The van der Waals surface area contributed by atoms with Gasteiger partial charge in [0.15, 0.2) is 0 Å². The third-order valence-electron chi connectivity index (χ3n) is 2.10. The number of hydrogen-bond donors (Lipinski definition) is 0. The summed E-state index contributed by atoms with van der Waals surface area (Å²) in [6, 6.07) is 1.42. The molecule has 0 saturated heterocycles. The van der Waals surface area contributed by atoms with Gasteiger partial charge in [-0.3, -0.25) is 4.79 Å². The molecule has 0 atom stereocenters. The average Bonchev–Trinajstić information content (AvgIpc) is 2.74. The second-order valence-corrected chi connectivity index (χ2v) is 5.11. The van der Waals surface area contributed by atoms with Gasteiger partial charge in [-0.05, 0) is 6.07 Å². The van der Waals surface area contributed by atoms with Gasteiger partial charge in [-0.15, -0.1) is 11.3 Å². The first-order valence-electron chi connectivity index (χ1n) is 4.68. The van der Waals surface area contributed by atoms with Crippen LogP contribution >= 0.6 is 22.7 Å². The van der Waals surface area contributed by atoms with Crippen molar-refractivity contribution in [3.63, 3.8) is 0 Å². The zero-order chi connectivity index (χ0) is 13.3. The first kappa shape index (κ1) is 12.7. The number of thiazole rings is 1. The predicted octanol–water partition coefficient (Wildman–Crippen LogP) is 1.24. The Morgan fingerprint density at radius 1 is 1.17 bits per heavy atom. The third-order valence-corrected chi connectivity index (χ3v) is 4.12. The molecule has 2 heterocycles. The molecule has 0 amide bonds. The highest BCUT2D eigenvalue weighted by molar-refractivity contribution is 7.22. The molecule has 0 aromatic carbocycles. The lowest BCUT2D eigenvalue weighted by atomic mass is 10.2. The number of esters is 2. The van der Waals surface area contributed by atoms with Crippen LogP contribution in [0.2, 0.25) is 0 Å². The van der Waals surface area contributed by atoms with E-state index in [0.717, 1.165) is 22.7 Å². The Balaban J connectivity index is 2.72. The van der Waals surface area contributed by atoms with Crippen LogP contribution in [0.1, 0.15) is 20.0 Å². The molecule has 2 rings (SSSR count). The summed E-state index contributed by atoms with van der Waals surface area (Å²) < 4.78 is 9.18. The Hall–Kier alpha value is -1.80. The van der Waals surface area contributed by atoms with Crippen LogP contribution in [0.25, 0.3) is 9.88 Å². The third kappa shape index (κ3) is 2.12. The highest BCUT2D eigenvalue weighted by Crippen LogP contribution is 2.32. The van der Waals surface area contributed by atoms with Gasteiger partial charge in [0.1, 0.15) is 9.88 Å². The summed E-state index contributed by atoms with van der Waals surface area (Å²) in [7, 11) is 2.42. The number of hydrogen-bond acceptors (Lipinski definition) is 8. The molecule has 0 unspecified atom stereocenters. The SMILES string of the molecule is COC(=O)c1cc2sc(=O)nc-2sc1C(=O)OC. The van der Waals surface area contributed by atoms with Crippen LogP contribution in [-0.2, 0) is 9.47 Å². The van der Waals surface area contributed by atoms with E-state index in [1.165, 1.54) is 20.3 Å². The van der Waals surface area contributed by atoms with Crippen LogP contribution in [-0.4, -0.2) is 31.1 Å². The lowest BCUT2D eigenvalue weighted by molar-refractivity contribution is 0.0559. The second kappa shape index (κ2) is 4.83. The maximum atomic E-state index is 11.6. The van der Waals surface area contributed by atoms with Gasteiger partial charge in [-0.25, -0.2) is 9.59 Å². The molecule has 0 aromatic heterocycles. The van der Waals surface area contributed by atoms with Gasteiger partial charge in [0.25, 0.3) is 0 Å². The zero-order valence-electron chi connectivity index (χ0n) is 9.38. The molecule has 0 spiro atoms. The maximum Gasteiger partial charge on any atom is 0.349 e. The van der Waals surface area contributed by atoms with E-state index in [1.54, 1.807) is 0 Å².